The van der Waals surface area contributed by atoms with Crippen molar-refractivity contribution >= 4 is 17.7 Å². The zero-order valence-electron chi connectivity index (χ0n) is 11.1. The van der Waals surface area contributed by atoms with E-state index in [9.17, 15) is 4.79 Å². The molecule has 2 heterocycles. The maximum Gasteiger partial charge on any atom is 0.223 e. The molecule has 0 radical (unpaired) electrons. The third-order valence-electron chi connectivity index (χ3n) is 3.33. The molecule has 2 rings (SSSR count). The van der Waals surface area contributed by atoms with Crippen LogP contribution in [0, 0.1) is 0 Å². The molecule has 1 saturated heterocycles. The lowest BCUT2D eigenvalue weighted by molar-refractivity contribution is -0.131. The molecule has 104 valence electrons. The Balaban J connectivity index is 1.61. The molecule has 1 aromatic heterocycles. The number of pyridine rings is 1. The highest BCUT2D eigenvalue weighted by Gasteiger charge is 2.19. The summed E-state index contributed by atoms with van der Waals surface area (Å²) in [5.74, 6) is 2.00. The normalized spacial score (nSPS) is 16.6. The van der Waals surface area contributed by atoms with Gasteiger partial charge in [0, 0.05) is 43.3 Å². The summed E-state index contributed by atoms with van der Waals surface area (Å²) in [6, 6.07) is 6.20. The van der Waals surface area contributed by atoms with E-state index in [2.05, 4.69) is 4.98 Å². The largest absolute Gasteiger partial charge is 0.343 e. The maximum atomic E-state index is 12.0. The number of likely N-dealkylation sites (tertiary alicyclic amines) is 1. The molecule has 19 heavy (non-hydrogen) atoms. The van der Waals surface area contributed by atoms with E-state index in [4.69, 9.17) is 5.73 Å². The van der Waals surface area contributed by atoms with Gasteiger partial charge in [-0.25, -0.2) is 0 Å². The van der Waals surface area contributed by atoms with E-state index in [1.165, 1.54) is 0 Å². The minimum atomic E-state index is 0.264. The van der Waals surface area contributed by atoms with Gasteiger partial charge in [0.1, 0.15) is 0 Å². The van der Waals surface area contributed by atoms with Crippen molar-refractivity contribution < 1.29 is 4.79 Å². The molecule has 0 unspecified atom stereocenters. The van der Waals surface area contributed by atoms with E-state index >= 15 is 0 Å². The van der Waals surface area contributed by atoms with Crippen LogP contribution in [0.5, 0.6) is 0 Å². The maximum absolute atomic E-state index is 12.0. The Labute approximate surface area is 118 Å². The average Bonchev–Trinajstić information content (AvgIpc) is 2.45. The topological polar surface area (TPSA) is 59.2 Å². The van der Waals surface area contributed by atoms with Gasteiger partial charge in [0.05, 0.1) is 5.69 Å². The van der Waals surface area contributed by atoms with E-state index in [0.29, 0.717) is 6.42 Å². The Hall–Kier alpha value is -1.07. The van der Waals surface area contributed by atoms with Gasteiger partial charge in [-0.3, -0.25) is 9.78 Å². The van der Waals surface area contributed by atoms with E-state index in [1.54, 1.807) is 18.0 Å². The first-order valence-corrected chi connectivity index (χ1v) is 7.92. The van der Waals surface area contributed by atoms with Crippen LogP contribution < -0.4 is 5.73 Å². The number of thioether (sulfide) groups is 1. The number of carbonyl (C=O) groups is 1. The summed E-state index contributed by atoms with van der Waals surface area (Å²) in [6.45, 7) is 1.65. The van der Waals surface area contributed by atoms with Crippen LogP contribution in [-0.4, -0.2) is 40.7 Å². The monoisotopic (exact) mass is 279 g/mol. The highest BCUT2D eigenvalue weighted by Crippen LogP contribution is 2.14. The highest BCUT2D eigenvalue weighted by atomic mass is 32.2. The Kier molecular flexibility index (Phi) is 5.66. The number of nitrogens with zero attached hydrogens (tertiary/aromatic N) is 2. The lowest BCUT2D eigenvalue weighted by atomic mass is 10.1. The first kappa shape index (κ1) is 14.3. The number of aromatic nitrogens is 1. The molecule has 0 aliphatic carbocycles. The molecule has 1 aliphatic heterocycles. The van der Waals surface area contributed by atoms with Crippen LogP contribution in [0.4, 0.5) is 0 Å². The zero-order chi connectivity index (χ0) is 13.5. The van der Waals surface area contributed by atoms with Crippen LogP contribution in [0.3, 0.4) is 0 Å². The Morgan fingerprint density at radius 1 is 1.42 bits per heavy atom. The second-order valence-electron chi connectivity index (χ2n) is 4.84. The molecule has 0 aromatic carbocycles. The van der Waals surface area contributed by atoms with Gasteiger partial charge in [0.2, 0.25) is 5.91 Å². The summed E-state index contributed by atoms with van der Waals surface area (Å²) < 4.78 is 0. The zero-order valence-corrected chi connectivity index (χ0v) is 11.9. The number of nitrogens with two attached hydrogens (primary N) is 1. The van der Waals surface area contributed by atoms with Crippen molar-refractivity contribution in [3.05, 3.63) is 30.1 Å². The van der Waals surface area contributed by atoms with Crippen LogP contribution in [0.1, 0.15) is 25.0 Å². The van der Waals surface area contributed by atoms with Gasteiger partial charge in [-0.2, -0.15) is 11.8 Å². The smallest absolute Gasteiger partial charge is 0.223 e. The van der Waals surface area contributed by atoms with Crippen LogP contribution in [0.2, 0.25) is 0 Å². The molecular formula is C14H21N3OS. The molecule has 4 nitrogen and oxygen atoms in total. The average molecular weight is 279 g/mol. The van der Waals surface area contributed by atoms with Crippen molar-refractivity contribution in [1.82, 2.24) is 9.88 Å². The molecule has 0 saturated carbocycles. The molecule has 1 amide bonds. The van der Waals surface area contributed by atoms with E-state index in [-0.39, 0.29) is 11.9 Å². The summed E-state index contributed by atoms with van der Waals surface area (Å²) in [4.78, 5) is 18.2. The summed E-state index contributed by atoms with van der Waals surface area (Å²) in [6.07, 6.45) is 4.30. The standard InChI is InChI=1S/C14H21N3OS/c15-12-4-8-17(9-5-12)14(18)6-10-19-11-13-3-1-2-7-16-13/h1-3,7,12H,4-6,8-11,15H2. The number of amides is 1. The second kappa shape index (κ2) is 7.50. The van der Waals surface area contributed by atoms with Gasteiger partial charge in [-0.1, -0.05) is 6.07 Å². The van der Waals surface area contributed by atoms with Gasteiger partial charge in [0.15, 0.2) is 0 Å². The molecule has 5 heteroatoms. The van der Waals surface area contributed by atoms with E-state index in [0.717, 1.165) is 43.1 Å². The minimum absolute atomic E-state index is 0.264. The number of rotatable bonds is 5. The Morgan fingerprint density at radius 3 is 2.89 bits per heavy atom. The summed E-state index contributed by atoms with van der Waals surface area (Å²) in [7, 11) is 0. The second-order valence-corrected chi connectivity index (χ2v) is 5.95. The lowest BCUT2D eigenvalue weighted by Gasteiger charge is -2.30. The molecular weight excluding hydrogens is 258 g/mol. The van der Waals surface area contributed by atoms with Crippen LogP contribution in [-0.2, 0) is 10.5 Å². The minimum Gasteiger partial charge on any atom is -0.343 e. The molecule has 1 aliphatic rings. The Morgan fingerprint density at radius 2 is 2.21 bits per heavy atom. The fourth-order valence-corrected chi connectivity index (χ4v) is 2.97. The molecule has 1 fully saturated rings. The van der Waals surface area contributed by atoms with Gasteiger partial charge in [-0.05, 0) is 25.0 Å². The number of piperidine rings is 1. The summed E-state index contributed by atoms with van der Waals surface area (Å²) >= 11 is 1.76. The number of hydrogen-bond donors (Lipinski definition) is 1. The van der Waals surface area contributed by atoms with Crippen molar-refractivity contribution in [1.29, 1.82) is 0 Å². The fourth-order valence-electron chi connectivity index (χ4n) is 2.13. The predicted molar refractivity (Wildman–Crippen MR) is 78.8 cm³/mol. The fraction of sp³-hybridized carbons (Fsp3) is 0.571. The van der Waals surface area contributed by atoms with Crippen LogP contribution in [0.25, 0.3) is 0 Å². The van der Waals surface area contributed by atoms with Crippen LogP contribution >= 0.6 is 11.8 Å². The van der Waals surface area contributed by atoms with Crippen LogP contribution in [0.15, 0.2) is 24.4 Å². The summed E-state index contributed by atoms with van der Waals surface area (Å²) in [5.41, 5.74) is 6.91. The van der Waals surface area contributed by atoms with Gasteiger partial charge < -0.3 is 10.6 Å². The van der Waals surface area contributed by atoms with Crippen molar-refractivity contribution in [2.75, 3.05) is 18.8 Å². The van der Waals surface area contributed by atoms with Crippen molar-refractivity contribution in [2.45, 2.75) is 31.1 Å². The number of carbonyl (C=O) groups excluding carboxylic acids is 1. The third kappa shape index (κ3) is 4.84. The summed E-state index contributed by atoms with van der Waals surface area (Å²) in [5, 5.41) is 0. The first-order valence-electron chi connectivity index (χ1n) is 6.76. The van der Waals surface area contributed by atoms with Crippen molar-refractivity contribution in [2.24, 2.45) is 5.73 Å². The predicted octanol–water partition coefficient (Wildman–Crippen LogP) is 1.65. The number of hydrogen-bond acceptors (Lipinski definition) is 4. The Bertz CT molecular complexity index is 391. The first-order chi connectivity index (χ1) is 9.25. The van der Waals surface area contributed by atoms with Gasteiger partial charge >= 0.3 is 0 Å². The van der Waals surface area contributed by atoms with Crippen molar-refractivity contribution in [3.63, 3.8) is 0 Å². The lowest BCUT2D eigenvalue weighted by Crippen LogP contribution is -2.42. The molecule has 2 N–H and O–H groups in total. The van der Waals surface area contributed by atoms with Gasteiger partial charge in [-0.15, -0.1) is 0 Å². The van der Waals surface area contributed by atoms with Crippen molar-refractivity contribution in [3.8, 4) is 0 Å². The highest BCUT2D eigenvalue weighted by molar-refractivity contribution is 7.98. The molecule has 1 aromatic rings. The molecule has 0 bridgehead atoms. The third-order valence-corrected chi connectivity index (χ3v) is 4.32. The quantitative estimate of drug-likeness (QED) is 0.833. The molecule has 0 spiro atoms. The van der Waals surface area contributed by atoms with Gasteiger partial charge in [0.25, 0.3) is 0 Å². The SMILES string of the molecule is NC1CCN(C(=O)CCSCc2ccccn2)CC1. The molecule has 0 atom stereocenters. The van der Waals surface area contributed by atoms with E-state index in [1.807, 2.05) is 23.1 Å². The van der Waals surface area contributed by atoms with E-state index < -0.39 is 0 Å².